The van der Waals surface area contributed by atoms with E-state index >= 15 is 0 Å². The number of hydrogen-bond acceptors (Lipinski definition) is 2. The molecule has 2 nitrogen and oxygen atoms in total. The first-order valence-corrected chi connectivity index (χ1v) is 13.8. The van der Waals surface area contributed by atoms with E-state index in [1.165, 1.54) is 63.4 Å². The highest BCUT2D eigenvalue weighted by Crippen LogP contribution is 2.22. The van der Waals surface area contributed by atoms with Crippen molar-refractivity contribution >= 4 is 20.2 Å². The summed E-state index contributed by atoms with van der Waals surface area (Å²) in [5, 5.41) is 0.769. The first-order chi connectivity index (χ1) is 13.2. The molecule has 0 aliphatic heterocycles. The Hall–Kier alpha value is -0.353. The molecule has 0 amide bonds. The second kappa shape index (κ2) is 15.6. The fraction of sp³-hybridized carbons (Fsp3) is 0.739. The Kier molecular flexibility index (Phi) is 14.2. The van der Waals surface area contributed by atoms with Gasteiger partial charge in [-0.15, -0.1) is 0 Å². The molecular formula is C23H41ClO2Si. The van der Waals surface area contributed by atoms with Crippen molar-refractivity contribution in [3.05, 3.63) is 34.9 Å². The Bertz CT molecular complexity index is 460. The van der Waals surface area contributed by atoms with E-state index in [4.69, 9.17) is 20.5 Å². The molecule has 1 rings (SSSR count). The van der Waals surface area contributed by atoms with E-state index in [1.54, 1.807) is 0 Å². The lowest BCUT2D eigenvalue weighted by Gasteiger charge is -2.29. The van der Waals surface area contributed by atoms with Crippen LogP contribution in [0.4, 0.5) is 0 Å². The number of halogens is 1. The molecule has 0 unspecified atom stereocenters. The third kappa shape index (κ3) is 11.3. The zero-order valence-electron chi connectivity index (χ0n) is 17.9. The van der Waals surface area contributed by atoms with Crippen molar-refractivity contribution in [3.63, 3.8) is 0 Å². The predicted molar refractivity (Wildman–Crippen MR) is 121 cm³/mol. The summed E-state index contributed by atoms with van der Waals surface area (Å²) >= 11 is 5.96. The Morgan fingerprint density at radius 3 is 1.74 bits per heavy atom. The summed E-state index contributed by atoms with van der Waals surface area (Å²) in [6.45, 7) is 8.17. The van der Waals surface area contributed by atoms with Crippen LogP contribution in [-0.4, -0.2) is 15.2 Å². The van der Waals surface area contributed by atoms with Gasteiger partial charge in [0.25, 0.3) is 0 Å². The van der Waals surface area contributed by atoms with Crippen LogP contribution in [0.2, 0.25) is 17.1 Å². The van der Waals surface area contributed by atoms with Crippen LogP contribution in [0.3, 0.4) is 0 Å². The van der Waals surface area contributed by atoms with Crippen molar-refractivity contribution in [1.82, 2.24) is 0 Å². The minimum atomic E-state index is -2.07. The quantitative estimate of drug-likeness (QED) is 0.189. The molecule has 1 aromatic rings. The van der Waals surface area contributed by atoms with Gasteiger partial charge in [0.05, 0.1) is 6.61 Å². The topological polar surface area (TPSA) is 18.5 Å². The summed E-state index contributed by atoms with van der Waals surface area (Å²) < 4.78 is 12.7. The largest absolute Gasteiger partial charge is 0.394 e. The average Bonchev–Trinajstić information content (AvgIpc) is 2.70. The molecule has 0 spiro atoms. The molecular weight excluding hydrogens is 372 g/mol. The number of unbranched alkanes of at least 4 members (excludes halogenated alkanes) is 9. The second-order valence-electron chi connectivity index (χ2n) is 7.56. The summed E-state index contributed by atoms with van der Waals surface area (Å²) in [6.07, 6.45) is 13.6. The molecule has 4 heteroatoms. The lowest BCUT2D eigenvalue weighted by molar-refractivity contribution is 0.158. The Morgan fingerprint density at radius 2 is 1.22 bits per heavy atom. The molecule has 0 atom stereocenters. The third-order valence-corrected chi connectivity index (χ3v) is 9.16. The Balaban J connectivity index is 2.15. The molecule has 1 aromatic carbocycles. The van der Waals surface area contributed by atoms with E-state index in [1.807, 2.05) is 24.3 Å². The van der Waals surface area contributed by atoms with E-state index in [0.717, 1.165) is 30.1 Å². The van der Waals surface area contributed by atoms with Crippen LogP contribution in [0.25, 0.3) is 0 Å². The maximum atomic E-state index is 6.34. The van der Waals surface area contributed by atoms with Gasteiger partial charge in [0, 0.05) is 11.6 Å². The van der Waals surface area contributed by atoms with Gasteiger partial charge in [0.2, 0.25) is 0 Å². The Morgan fingerprint density at radius 1 is 0.704 bits per heavy atom. The van der Waals surface area contributed by atoms with Crippen molar-refractivity contribution < 1.29 is 8.85 Å². The fourth-order valence-corrected chi connectivity index (χ4v) is 5.81. The summed E-state index contributed by atoms with van der Waals surface area (Å²) in [7, 11) is -2.07. The molecule has 27 heavy (non-hydrogen) atoms. The van der Waals surface area contributed by atoms with Crippen LogP contribution >= 0.6 is 11.6 Å². The van der Waals surface area contributed by atoms with Crippen molar-refractivity contribution in [2.75, 3.05) is 6.61 Å². The lowest BCUT2D eigenvalue weighted by atomic mass is 10.1. The van der Waals surface area contributed by atoms with Crippen LogP contribution in [0.15, 0.2) is 24.3 Å². The molecule has 0 aliphatic rings. The number of benzene rings is 1. The molecule has 0 aliphatic carbocycles. The van der Waals surface area contributed by atoms with Crippen LogP contribution in [0.5, 0.6) is 0 Å². The zero-order valence-corrected chi connectivity index (χ0v) is 19.7. The van der Waals surface area contributed by atoms with Gasteiger partial charge in [-0.1, -0.05) is 102 Å². The Labute approximate surface area is 174 Å². The van der Waals surface area contributed by atoms with Gasteiger partial charge in [-0.25, -0.2) is 0 Å². The van der Waals surface area contributed by atoms with Crippen LogP contribution in [-0.2, 0) is 15.5 Å². The molecule has 0 bridgehead atoms. The van der Waals surface area contributed by atoms with Gasteiger partial charge in [0.15, 0.2) is 0 Å². The standard InChI is InChI=1S/C23H41ClO2Si/c1-4-7-8-9-10-11-12-13-14-15-20-25-27(5-2,6-3)26-21-22-16-18-23(24)19-17-22/h16-19H,4-15,20-21H2,1-3H3. The molecule has 0 heterocycles. The normalized spacial score (nSPS) is 11.9. The molecule has 156 valence electrons. The molecule has 0 N–H and O–H groups in total. The smallest absolute Gasteiger partial charge is 0.337 e. The maximum absolute atomic E-state index is 6.34. The average molecular weight is 413 g/mol. The summed E-state index contributed by atoms with van der Waals surface area (Å²) in [5.41, 5.74) is 1.17. The van der Waals surface area contributed by atoms with Crippen LogP contribution in [0.1, 0.15) is 90.5 Å². The SMILES string of the molecule is CCCCCCCCCCCCO[Si](CC)(CC)OCc1ccc(Cl)cc1. The van der Waals surface area contributed by atoms with Crippen molar-refractivity contribution in [2.24, 2.45) is 0 Å². The monoisotopic (exact) mass is 412 g/mol. The molecule has 0 aromatic heterocycles. The van der Waals surface area contributed by atoms with Crippen LogP contribution in [0, 0.1) is 0 Å². The third-order valence-electron chi connectivity index (χ3n) is 5.36. The summed E-state index contributed by atoms with van der Waals surface area (Å²) in [6, 6.07) is 9.94. The number of rotatable bonds is 17. The molecule has 0 saturated heterocycles. The fourth-order valence-electron chi connectivity index (χ4n) is 3.34. The van der Waals surface area contributed by atoms with Gasteiger partial charge in [-0.2, -0.15) is 0 Å². The highest BCUT2D eigenvalue weighted by atomic mass is 35.5. The molecule has 0 saturated carbocycles. The van der Waals surface area contributed by atoms with Gasteiger partial charge in [-0.3, -0.25) is 0 Å². The maximum Gasteiger partial charge on any atom is 0.337 e. The first kappa shape index (κ1) is 24.7. The van der Waals surface area contributed by atoms with Crippen LogP contribution < -0.4 is 0 Å². The number of hydrogen-bond donors (Lipinski definition) is 0. The van der Waals surface area contributed by atoms with Gasteiger partial charge >= 0.3 is 8.56 Å². The zero-order chi connectivity index (χ0) is 19.8. The van der Waals surface area contributed by atoms with E-state index in [0.29, 0.717) is 6.61 Å². The predicted octanol–water partition coefficient (Wildman–Crippen LogP) is 8.28. The van der Waals surface area contributed by atoms with Gasteiger partial charge in [-0.05, 0) is 36.2 Å². The van der Waals surface area contributed by atoms with Gasteiger partial charge in [0.1, 0.15) is 0 Å². The van der Waals surface area contributed by atoms with Gasteiger partial charge < -0.3 is 8.85 Å². The van der Waals surface area contributed by atoms with Crippen molar-refractivity contribution in [2.45, 2.75) is 104 Å². The summed E-state index contributed by atoms with van der Waals surface area (Å²) in [4.78, 5) is 0. The van der Waals surface area contributed by atoms with Crippen molar-refractivity contribution in [1.29, 1.82) is 0 Å². The molecule has 0 fully saturated rings. The van der Waals surface area contributed by atoms with E-state index in [9.17, 15) is 0 Å². The highest BCUT2D eigenvalue weighted by Gasteiger charge is 2.33. The second-order valence-corrected chi connectivity index (χ2v) is 11.8. The lowest BCUT2D eigenvalue weighted by Crippen LogP contribution is -2.40. The van der Waals surface area contributed by atoms with E-state index in [-0.39, 0.29) is 0 Å². The van der Waals surface area contributed by atoms with E-state index in [2.05, 4.69) is 20.8 Å². The molecule has 0 radical (unpaired) electrons. The summed E-state index contributed by atoms with van der Waals surface area (Å²) in [5.74, 6) is 0. The van der Waals surface area contributed by atoms with E-state index < -0.39 is 8.56 Å². The minimum absolute atomic E-state index is 0.628. The first-order valence-electron chi connectivity index (χ1n) is 11.2. The highest BCUT2D eigenvalue weighted by molar-refractivity contribution is 6.67. The van der Waals surface area contributed by atoms with Crippen molar-refractivity contribution in [3.8, 4) is 0 Å². The minimum Gasteiger partial charge on any atom is -0.394 e.